The number of halogens is 4. The van der Waals surface area contributed by atoms with Gasteiger partial charge >= 0.3 is 13.3 Å². The van der Waals surface area contributed by atoms with E-state index in [1.165, 1.54) is 6.07 Å². The Labute approximate surface area is 120 Å². The van der Waals surface area contributed by atoms with Gasteiger partial charge in [0.15, 0.2) is 0 Å². The van der Waals surface area contributed by atoms with Crippen molar-refractivity contribution in [3.63, 3.8) is 0 Å². The molecule has 1 fully saturated rings. The minimum Gasteiger partial charge on any atom is -0.398 e. The fourth-order valence-corrected chi connectivity index (χ4v) is 2.02. The van der Waals surface area contributed by atoms with Gasteiger partial charge in [-0.1, -0.05) is 11.6 Å². The van der Waals surface area contributed by atoms with E-state index in [-0.39, 0.29) is 5.59 Å². The van der Waals surface area contributed by atoms with Crippen LogP contribution in [0.15, 0.2) is 12.1 Å². The molecule has 1 aliphatic rings. The van der Waals surface area contributed by atoms with E-state index < -0.39 is 35.2 Å². The molecular formula is C12H14BClF3NO2. The molecule has 0 amide bonds. The lowest BCUT2D eigenvalue weighted by Gasteiger charge is -2.32. The van der Waals surface area contributed by atoms with Crippen molar-refractivity contribution in [1.29, 1.82) is 0 Å². The number of hydrogen-bond donors (Lipinski definition) is 0. The number of rotatable bonds is 1. The van der Waals surface area contributed by atoms with Crippen molar-refractivity contribution in [3.8, 4) is 0 Å². The van der Waals surface area contributed by atoms with E-state index in [4.69, 9.17) is 20.9 Å². The third kappa shape index (κ3) is 2.66. The highest BCUT2D eigenvalue weighted by atomic mass is 35.5. The molecule has 0 N–H and O–H groups in total. The van der Waals surface area contributed by atoms with Crippen molar-refractivity contribution in [2.45, 2.75) is 45.1 Å². The van der Waals surface area contributed by atoms with Gasteiger partial charge in [0.25, 0.3) is 0 Å². The average molecular weight is 308 g/mol. The highest BCUT2D eigenvalue weighted by Crippen LogP contribution is 2.37. The molecule has 1 aromatic heterocycles. The van der Waals surface area contributed by atoms with Crippen LogP contribution in [0.5, 0.6) is 0 Å². The Balaban J connectivity index is 2.31. The van der Waals surface area contributed by atoms with Gasteiger partial charge in [0.05, 0.1) is 22.4 Å². The van der Waals surface area contributed by atoms with Crippen molar-refractivity contribution in [3.05, 3.63) is 22.8 Å². The summed E-state index contributed by atoms with van der Waals surface area (Å²) < 4.78 is 49.3. The molecule has 0 radical (unpaired) electrons. The van der Waals surface area contributed by atoms with Crippen LogP contribution < -0.4 is 5.59 Å². The monoisotopic (exact) mass is 307 g/mol. The van der Waals surface area contributed by atoms with Gasteiger partial charge in [0.1, 0.15) is 5.15 Å². The van der Waals surface area contributed by atoms with E-state index in [9.17, 15) is 13.2 Å². The molecule has 0 bridgehead atoms. The molecule has 110 valence electrons. The smallest absolute Gasteiger partial charge is 0.398 e. The largest absolute Gasteiger partial charge is 0.514 e. The van der Waals surface area contributed by atoms with Crippen LogP contribution >= 0.6 is 11.6 Å². The van der Waals surface area contributed by atoms with E-state index in [1.807, 2.05) is 27.7 Å². The summed E-state index contributed by atoms with van der Waals surface area (Å²) in [5, 5.41) is -0.607. The van der Waals surface area contributed by atoms with Gasteiger partial charge in [-0.2, -0.15) is 13.2 Å². The topological polar surface area (TPSA) is 31.4 Å². The molecule has 0 atom stereocenters. The van der Waals surface area contributed by atoms with Gasteiger partial charge in [-0.05, 0) is 39.8 Å². The summed E-state index contributed by atoms with van der Waals surface area (Å²) in [6, 6.07) is 2.10. The molecule has 0 spiro atoms. The molecule has 1 aromatic rings. The van der Waals surface area contributed by atoms with Crippen molar-refractivity contribution >= 4 is 24.3 Å². The van der Waals surface area contributed by atoms with Crippen LogP contribution in [0.3, 0.4) is 0 Å². The van der Waals surface area contributed by atoms with Crippen LogP contribution in [0.25, 0.3) is 0 Å². The number of alkyl halides is 3. The Morgan fingerprint density at radius 3 is 2.00 bits per heavy atom. The molecule has 0 aromatic carbocycles. The number of nitrogens with zero attached hydrogens (tertiary/aromatic N) is 1. The Morgan fingerprint density at radius 1 is 1.10 bits per heavy atom. The summed E-state index contributed by atoms with van der Waals surface area (Å²) in [5.41, 5.74) is -1.93. The van der Waals surface area contributed by atoms with E-state index in [0.29, 0.717) is 0 Å². The Kier molecular flexibility index (Phi) is 3.60. The fraction of sp³-hybridized carbons (Fsp3) is 0.583. The summed E-state index contributed by atoms with van der Waals surface area (Å²) in [6.45, 7) is 7.38. The first-order chi connectivity index (χ1) is 8.94. The van der Waals surface area contributed by atoms with E-state index in [0.717, 1.165) is 6.07 Å². The minimum atomic E-state index is -4.53. The summed E-state index contributed by atoms with van der Waals surface area (Å²) >= 11 is 5.59. The number of aromatic nitrogens is 1. The maximum absolute atomic E-state index is 12.6. The molecule has 2 rings (SSSR count). The predicted octanol–water partition coefficient (Wildman–Crippen LogP) is 3.05. The third-order valence-electron chi connectivity index (χ3n) is 3.67. The molecule has 1 aliphatic heterocycles. The molecule has 2 heterocycles. The summed E-state index contributed by atoms with van der Waals surface area (Å²) in [4.78, 5) is 3.75. The van der Waals surface area contributed by atoms with Gasteiger partial charge in [-0.15, -0.1) is 0 Å². The van der Waals surface area contributed by atoms with Crippen LogP contribution in [0.4, 0.5) is 13.2 Å². The van der Waals surface area contributed by atoms with Crippen LogP contribution in [0, 0.1) is 0 Å². The van der Waals surface area contributed by atoms with Gasteiger partial charge in [0, 0.05) is 0 Å². The number of hydrogen-bond acceptors (Lipinski definition) is 3. The summed E-state index contributed by atoms with van der Waals surface area (Å²) in [7, 11) is -0.834. The summed E-state index contributed by atoms with van der Waals surface area (Å²) in [5.74, 6) is 0. The van der Waals surface area contributed by atoms with E-state index >= 15 is 0 Å². The number of pyridine rings is 1. The van der Waals surface area contributed by atoms with Gasteiger partial charge in [0.2, 0.25) is 0 Å². The standard InChI is InChI=1S/C12H14BClF3NO2/c1-10(2)11(3,4)20-13(19-10)8-6-5-7(9(14)18-8)12(15,16)17/h5-6H,1-4H3. The van der Waals surface area contributed by atoms with Crippen molar-refractivity contribution < 1.29 is 22.5 Å². The van der Waals surface area contributed by atoms with Crippen LogP contribution in [0.1, 0.15) is 33.3 Å². The van der Waals surface area contributed by atoms with Crippen molar-refractivity contribution in [2.75, 3.05) is 0 Å². The zero-order valence-electron chi connectivity index (χ0n) is 11.5. The highest BCUT2D eigenvalue weighted by molar-refractivity contribution is 6.61. The highest BCUT2D eigenvalue weighted by Gasteiger charge is 2.52. The maximum Gasteiger partial charge on any atom is 0.514 e. The maximum atomic E-state index is 12.6. The first kappa shape index (κ1) is 15.6. The Hall–Kier alpha value is -0.785. The van der Waals surface area contributed by atoms with Crippen molar-refractivity contribution in [2.24, 2.45) is 0 Å². The van der Waals surface area contributed by atoms with Gasteiger partial charge in [-0.3, -0.25) is 0 Å². The molecule has 20 heavy (non-hydrogen) atoms. The molecular weight excluding hydrogens is 293 g/mol. The second-order valence-corrected chi connectivity index (χ2v) is 6.02. The predicted molar refractivity (Wildman–Crippen MR) is 70.0 cm³/mol. The van der Waals surface area contributed by atoms with Crippen LogP contribution in [-0.4, -0.2) is 23.3 Å². The van der Waals surface area contributed by atoms with Gasteiger partial charge in [-0.25, -0.2) is 4.98 Å². The molecule has 0 unspecified atom stereocenters. The Bertz CT molecular complexity index is 518. The van der Waals surface area contributed by atoms with E-state index in [2.05, 4.69) is 4.98 Å². The second kappa shape index (κ2) is 4.61. The zero-order chi connectivity index (χ0) is 15.3. The molecule has 0 saturated carbocycles. The van der Waals surface area contributed by atoms with Crippen LogP contribution in [0.2, 0.25) is 5.15 Å². The molecule has 8 heteroatoms. The normalized spacial score (nSPS) is 21.3. The van der Waals surface area contributed by atoms with Crippen LogP contribution in [-0.2, 0) is 15.5 Å². The lowest BCUT2D eigenvalue weighted by atomic mass is 9.84. The zero-order valence-corrected chi connectivity index (χ0v) is 12.3. The minimum absolute atomic E-state index is 0.224. The third-order valence-corrected chi connectivity index (χ3v) is 3.96. The first-order valence-corrected chi connectivity index (χ1v) is 6.41. The SMILES string of the molecule is CC1(C)OB(c2ccc(C(F)(F)F)c(Cl)n2)OC1(C)C. The lowest BCUT2D eigenvalue weighted by molar-refractivity contribution is -0.137. The van der Waals surface area contributed by atoms with E-state index in [1.54, 1.807) is 0 Å². The lowest BCUT2D eigenvalue weighted by Crippen LogP contribution is -2.41. The first-order valence-electron chi connectivity index (χ1n) is 6.03. The summed E-state index contributed by atoms with van der Waals surface area (Å²) in [6.07, 6.45) is -4.53. The van der Waals surface area contributed by atoms with Crippen molar-refractivity contribution in [1.82, 2.24) is 4.98 Å². The second-order valence-electron chi connectivity index (χ2n) is 5.66. The molecule has 3 nitrogen and oxygen atoms in total. The van der Waals surface area contributed by atoms with Gasteiger partial charge < -0.3 is 9.31 Å². The Morgan fingerprint density at radius 2 is 1.60 bits per heavy atom. The average Bonchev–Trinajstić information content (AvgIpc) is 2.46. The quantitative estimate of drug-likeness (QED) is 0.590. The fourth-order valence-electron chi connectivity index (χ4n) is 1.75. The molecule has 1 saturated heterocycles. The molecule has 0 aliphatic carbocycles.